The number of rotatable bonds is 2. The largest absolute Gasteiger partial charge is 0.419 e. The molecule has 0 aromatic heterocycles. The number of hydrogen-bond donors (Lipinski definition) is 1. The van der Waals surface area contributed by atoms with Crippen LogP contribution in [0.25, 0.3) is 0 Å². The average molecular weight is 304 g/mol. The van der Waals surface area contributed by atoms with Crippen molar-refractivity contribution in [3.63, 3.8) is 0 Å². The third-order valence-corrected chi connectivity index (χ3v) is 3.68. The molecule has 1 amide bonds. The highest BCUT2D eigenvalue weighted by molar-refractivity contribution is 5.94. The fourth-order valence-corrected chi connectivity index (χ4v) is 2.55. The first-order valence-electron chi connectivity index (χ1n) is 6.72. The van der Waals surface area contributed by atoms with Gasteiger partial charge in [-0.05, 0) is 37.5 Å². The van der Waals surface area contributed by atoms with Crippen molar-refractivity contribution in [2.75, 3.05) is 13.1 Å². The van der Waals surface area contributed by atoms with Gasteiger partial charge in [-0.15, -0.1) is 0 Å². The lowest BCUT2D eigenvalue weighted by Crippen LogP contribution is -2.47. The van der Waals surface area contributed by atoms with Crippen LogP contribution in [0, 0.1) is 5.82 Å². The molecule has 0 saturated carbocycles. The summed E-state index contributed by atoms with van der Waals surface area (Å²) in [5.74, 6) is -1.91. The Kier molecular flexibility index (Phi) is 4.51. The molecule has 2 N–H and O–H groups in total. The first kappa shape index (κ1) is 15.8. The highest BCUT2D eigenvalue weighted by Crippen LogP contribution is 2.32. The molecular weight excluding hydrogens is 288 g/mol. The molecule has 21 heavy (non-hydrogen) atoms. The second-order valence-corrected chi connectivity index (χ2v) is 5.08. The van der Waals surface area contributed by atoms with Gasteiger partial charge in [0, 0.05) is 24.7 Å². The molecule has 1 aliphatic rings. The van der Waals surface area contributed by atoms with Gasteiger partial charge >= 0.3 is 6.18 Å². The second kappa shape index (κ2) is 6.01. The minimum absolute atomic E-state index is 0.163. The smallest absolute Gasteiger partial charge is 0.334 e. The van der Waals surface area contributed by atoms with Gasteiger partial charge in [0.2, 0.25) is 0 Å². The van der Waals surface area contributed by atoms with Crippen molar-refractivity contribution in [3.05, 3.63) is 35.1 Å². The fourth-order valence-electron chi connectivity index (χ4n) is 2.55. The van der Waals surface area contributed by atoms with E-state index in [0.717, 1.165) is 25.3 Å². The van der Waals surface area contributed by atoms with Crippen LogP contribution in [0.5, 0.6) is 0 Å². The molecule has 1 aromatic carbocycles. The summed E-state index contributed by atoms with van der Waals surface area (Å²) in [6.07, 6.45) is -2.37. The standard InChI is InChI=1S/C14H16F4N2O/c15-12-5-4-9(7-11(12)14(16,17)18)13(21)20-6-2-1-3-10(20)8-19/h4-5,7,10H,1-3,6,8,19H2. The molecule has 1 saturated heterocycles. The maximum absolute atomic E-state index is 13.2. The maximum Gasteiger partial charge on any atom is 0.419 e. The number of nitrogens with two attached hydrogens (primary N) is 1. The van der Waals surface area contributed by atoms with Gasteiger partial charge in [-0.3, -0.25) is 4.79 Å². The minimum atomic E-state index is -4.82. The van der Waals surface area contributed by atoms with Crippen LogP contribution in [0.1, 0.15) is 35.2 Å². The topological polar surface area (TPSA) is 46.3 Å². The predicted octanol–water partition coefficient (Wildman–Crippen LogP) is 2.80. The van der Waals surface area contributed by atoms with Crippen LogP contribution >= 0.6 is 0 Å². The molecule has 0 spiro atoms. The molecule has 1 heterocycles. The molecule has 2 rings (SSSR count). The summed E-state index contributed by atoms with van der Waals surface area (Å²) in [6.45, 7) is 0.721. The van der Waals surface area contributed by atoms with E-state index in [1.807, 2.05) is 0 Å². The lowest BCUT2D eigenvalue weighted by molar-refractivity contribution is -0.140. The van der Waals surface area contributed by atoms with Gasteiger partial charge in [-0.25, -0.2) is 4.39 Å². The zero-order chi connectivity index (χ0) is 15.6. The number of hydrogen-bond acceptors (Lipinski definition) is 2. The Morgan fingerprint density at radius 3 is 2.67 bits per heavy atom. The number of likely N-dealkylation sites (tertiary alicyclic amines) is 1. The number of nitrogens with zero attached hydrogens (tertiary/aromatic N) is 1. The molecule has 7 heteroatoms. The Morgan fingerprint density at radius 1 is 1.33 bits per heavy atom. The molecular formula is C14H16F4N2O. The number of piperidine rings is 1. The maximum atomic E-state index is 13.2. The van der Waals surface area contributed by atoms with Crippen LogP contribution in [0.3, 0.4) is 0 Å². The van der Waals surface area contributed by atoms with Crippen LogP contribution in [0.4, 0.5) is 17.6 Å². The Bertz CT molecular complexity index is 530. The molecule has 116 valence electrons. The fraction of sp³-hybridized carbons (Fsp3) is 0.500. The van der Waals surface area contributed by atoms with E-state index in [1.165, 1.54) is 4.90 Å². The van der Waals surface area contributed by atoms with Gasteiger partial charge in [0.15, 0.2) is 0 Å². The summed E-state index contributed by atoms with van der Waals surface area (Å²) in [5, 5.41) is 0. The Labute approximate surface area is 119 Å². The number of halogens is 4. The molecule has 0 radical (unpaired) electrons. The van der Waals surface area contributed by atoms with Crippen LogP contribution < -0.4 is 5.73 Å². The summed E-state index contributed by atoms with van der Waals surface area (Å²) in [7, 11) is 0. The van der Waals surface area contributed by atoms with Crippen molar-refractivity contribution in [1.82, 2.24) is 4.90 Å². The predicted molar refractivity (Wildman–Crippen MR) is 69.1 cm³/mol. The van der Waals surface area contributed by atoms with Crippen LogP contribution in [0.2, 0.25) is 0 Å². The molecule has 0 bridgehead atoms. The van der Waals surface area contributed by atoms with E-state index < -0.39 is 23.5 Å². The molecule has 1 aliphatic heterocycles. The third kappa shape index (κ3) is 3.34. The highest BCUT2D eigenvalue weighted by Gasteiger charge is 2.35. The van der Waals surface area contributed by atoms with Crippen molar-refractivity contribution in [2.45, 2.75) is 31.5 Å². The summed E-state index contributed by atoms with van der Waals surface area (Å²) < 4.78 is 51.3. The normalized spacial score (nSPS) is 19.7. The van der Waals surface area contributed by atoms with Gasteiger partial charge in [0.25, 0.3) is 5.91 Å². The van der Waals surface area contributed by atoms with E-state index in [2.05, 4.69) is 0 Å². The number of carbonyl (C=O) groups excluding carboxylic acids is 1. The third-order valence-electron chi connectivity index (χ3n) is 3.68. The quantitative estimate of drug-likeness (QED) is 0.854. The van der Waals surface area contributed by atoms with E-state index in [4.69, 9.17) is 5.73 Å². The number of alkyl halides is 3. The lowest BCUT2D eigenvalue weighted by atomic mass is 10.00. The molecule has 1 aromatic rings. The number of benzene rings is 1. The first-order chi connectivity index (χ1) is 9.84. The summed E-state index contributed by atoms with van der Waals surface area (Å²) >= 11 is 0. The van der Waals surface area contributed by atoms with E-state index >= 15 is 0 Å². The van der Waals surface area contributed by atoms with Gasteiger partial charge in [0.1, 0.15) is 5.82 Å². The van der Waals surface area contributed by atoms with Crippen molar-refractivity contribution in [1.29, 1.82) is 0 Å². The molecule has 1 fully saturated rings. The minimum Gasteiger partial charge on any atom is -0.334 e. The van der Waals surface area contributed by atoms with E-state index in [-0.39, 0.29) is 18.2 Å². The van der Waals surface area contributed by atoms with Crippen molar-refractivity contribution in [3.8, 4) is 0 Å². The first-order valence-corrected chi connectivity index (χ1v) is 6.72. The Hall–Kier alpha value is -1.63. The summed E-state index contributed by atoms with van der Waals surface area (Å²) in [6, 6.07) is 2.15. The van der Waals surface area contributed by atoms with Crippen LogP contribution in [-0.2, 0) is 6.18 Å². The monoisotopic (exact) mass is 304 g/mol. The van der Waals surface area contributed by atoms with E-state index in [9.17, 15) is 22.4 Å². The van der Waals surface area contributed by atoms with E-state index in [1.54, 1.807) is 0 Å². The lowest BCUT2D eigenvalue weighted by Gasteiger charge is -2.35. The van der Waals surface area contributed by atoms with Gasteiger partial charge in [-0.2, -0.15) is 13.2 Å². The summed E-state index contributed by atoms with van der Waals surface area (Å²) in [5.41, 5.74) is 4.01. The second-order valence-electron chi connectivity index (χ2n) is 5.08. The Balaban J connectivity index is 2.31. The Morgan fingerprint density at radius 2 is 2.05 bits per heavy atom. The zero-order valence-electron chi connectivity index (χ0n) is 11.3. The van der Waals surface area contributed by atoms with Crippen molar-refractivity contribution < 1.29 is 22.4 Å². The molecule has 3 nitrogen and oxygen atoms in total. The highest BCUT2D eigenvalue weighted by atomic mass is 19.4. The van der Waals surface area contributed by atoms with Crippen LogP contribution in [0.15, 0.2) is 18.2 Å². The zero-order valence-corrected chi connectivity index (χ0v) is 11.3. The SMILES string of the molecule is NCC1CCCCN1C(=O)c1ccc(F)c(C(F)(F)F)c1. The molecule has 1 unspecified atom stereocenters. The van der Waals surface area contributed by atoms with Gasteiger partial charge < -0.3 is 10.6 Å². The van der Waals surface area contributed by atoms with Gasteiger partial charge in [-0.1, -0.05) is 0 Å². The number of amides is 1. The van der Waals surface area contributed by atoms with Crippen LogP contribution in [-0.4, -0.2) is 29.9 Å². The van der Waals surface area contributed by atoms with E-state index in [0.29, 0.717) is 18.7 Å². The summed E-state index contributed by atoms with van der Waals surface area (Å²) in [4.78, 5) is 13.8. The molecule has 0 aliphatic carbocycles. The van der Waals surface area contributed by atoms with Crippen molar-refractivity contribution in [2.24, 2.45) is 5.73 Å². The van der Waals surface area contributed by atoms with Crippen molar-refractivity contribution >= 4 is 5.91 Å². The van der Waals surface area contributed by atoms with Gasteiger partial charge in [0.05, 0.1) is 5.56 Å². The average Bonchev–Trinajstić information content (AvgIpc) is 2.45. The number of carbonyl (C=O) groups is 1. The molecule has 1 atom stereocenters.